The monoisotopic (exact) mass is 432 g/mol. The number of aromatic nitrogens is 4. The van der Waals surface area contributed by atoms with Crippen LogP contribution in [0, 0.1) is 22.9 Å². The molecule has 1 aromatic carbocycles. The lowest BCUT2D eigenvalue weighted by atomic mass is 10.1. The van der Waals surface area contributed by atoms with E-state index in [2.05, 4.69) is 30.8 Å². The molecule has 0 spiro atoms. The van der Waals surface area contributed by atoms with Gasteiger partial charge in [0.05, 0.1) is 36.3 Å². The number of anilines is 4. The zero-order valence-corrected chi connectivity index (χ0v) is 16.3. The first-order chi connectivity index (χ1) is 15.1. The van der Waals surface area contributed by atoms with E-state index in [0.29, 0.717) is 37.6 Å². The Labute approximate surface area is 175 Å². The van der Waals surface area contributed by atoms with Crippen molar-refractivity contribution in [2.45, 2.75) is 6.54 Å². The molecule has 1 fully saturated rings. The molecule has 0 bridgehead atoms. The number of hydrogen-bond acceptors (Lipinski definition) is 8. The number of halogens is 3. The van der Waals surface area contributed by atoms with Crippen LogP contribution in [0.2, 0.25) is 0 Å². The number of nitrogens with one attached hydrogen (secondary N) is 4. The molecule has 1 aliphatic heterocycles. The topological polar surface area (TPSA) is 115 Å². The maximum atomic E-state index is 15.1. The number of ether oxygens (including phenoxy) is 1. The Bertz CT molecular complexity index is 1070. The molecule has 1 saturated heterocycles. The van der Waals surface area contributed by atoms with Gasteiger partial charge in [-0.15, -0.1) is 0 Å². The van der Waals surface area contributed by atoms with Crippen molar-refractivity contribution in [3.05, 3.63) is 53.2 Å². The van der Waals surface area contributed by atoms with Crippen molar-refractivity contribution in [3.63, 3.8) is 0 Å². The summed E-state index contributed by atoms with van der Waals surface area (Å²) in [7, 11) is 0. The summed E-state index contributed by atoms with van der Waals surface area (Å²) >= 11 is 0. The van der Waals surface area contributed by atoms with Crippen LogP contribution < -0.4 is 15.5 Å². The molecule has 2 aromatic heterocycles. The zero-order chi connectivity index (χ0) is 21.8. The van der Waals surface area contributed by atoms with Gasteiger partial charge in [-0.25, -0.2) is 18.2 Å². The molecule has 3 heterocycles. The summed E-state index contributed by atoms with van der Waals surface area (Å²) in [6.45, 7) is 1.13. The van der Waals surface area contributed by atoms with Crippen LogP contribution in [-0.4, -0.2) is 52.7 Å². The van der Waals surface area contributed by atoms with Gasteiger partial charge in [0.15, 0.2) is 17.5 Å². The van der Waals surface area contributed by atoms with Crippen LogP contribution in [0.1, 0.15) is 11.1 Å². The number of hydrogen-bond donors (Lipinski definition) is 4. The quantitative estimate of drug-likeness (QED) is 0.335. The molecule has 9 nitrogen and oxygen atoms in total. The summed E-state index contributed by atoms with van der Waals surface area (Å²) in [6.07, 6.45) is 5.49. The SMILES string of the molecule is N=Cc1cnc(Nc2cn[nH]c2)nc1NCc1c(F)c(F)cc(N2CCOCC2)c1F. The number of rotatable bonds is 7. The Hall–Kier alpha value is -3.67. The molecule has 31 heavy (non-hydrogen) atoms. The smallest absolute Gasteiger partial charge is 0.229 e. The van der Waals surface area contributed by atoms with Crippen LogP contribution in [0.15, 0.2) is 24.7 Å². The molecule has 0 radical (unpaired) electrons. The van der Waals surface area contributed by atoms with E-state index < -0.39 is 23.0 Å². The maximum Gasteiger partial charge on any atom is 0.229 e. The Kier molecular flexibility index (Phi) is 5.98. The largest absolute Gasteiger partial charge is 0.378 e. The van der Waals surface area contributed by atoms with Gasteiger partial charge in [0.1, 0.15) is 5.82 Å². The van der Waals surface area contributed by atoms with Gasteiger partial charge in [0.2, 0.25) is 5.95 Å². The number of nitrogens with zero attached hydrogens (tertiary/aromatic N) is 4. The molecule has 0 aliphatic carbocycles. The standard InChI is InChI=1S/C19H19F3N8O/c20-14-5-15(30-1-3-31-4-2-30)17(22)13(16(14)21)10-24-18-11(6-23)7-25-19(29-18)28-12-8-26-27-9-12/h5-9,23H,1-4,10H2,(H,26,27)(H2,24,25,28,29). The molecule has 0 saturated carbocycles. The number of benzene rings is 1. The first-order valence-corrected chi connectivity index (χ1v) is 9.43. The second kappa shape index (κ2) is 9.00. The predicted octanol–water partition coefficient (Wildman–Crippen LogP) is 2.81. The van der Waals surface area contributed by atoms with Crippen molar-refractivity contribution in [3.8, 4) is 0 Å². The van der Waals surface area contributed by atoms with Crippen molar-refractivity contribution in [2.24, 2.45) is 0 Å². The van der Waals surface area contributed by atoms with Crippen molar-refractivity contribution >= 4 is 29.4 Å². The van der Waals surface area contributed by atoms with Gasteiger partial charge in [-0.1, -0.05) is 0 Å². The Balaban J connectivity index is 1.59. The van der Waals surface area contributed by atoms with Gasteiger partial charge in [-0.05, 0) is 0 Å². The van der Waals surface area contributed by atoms with E-state index in [1.165, 1.54) is 12.4 Å². The van der Waals surface area contributed by atoms with Crippen molar-refractivity contribution in [1.29, 1.82) is 5.41 Å². The first kappa shape index (κ1) is 20.6. The molecule has 4 N–H and O–H groups in total. The molecule has 12 heteroatoms. The van der Waals surface area contributed by atoms with E-state index in [0.717, 1.165) is 12.3 Å². The van der Waals surface area contributed by atoms with Gasteiger partial charge in [0, 0.05) is 49.9 Å². The maximum absolute atomic E-state index is 15.1. The van der Waals surface area contributed by atoms with Gasteiger partial charge in [-0.2, -0.15) is 10.1 Å². The fourth-order valence-corrected chi connectivity index (χ4v) is 3.15. The molecule has 162 valence electrons. The Morgan fingerprint density at radius 2 is 2.00 bits per heavy atom. The van der Waals surface area contributed by atoms with Crippen LogP contribution in [0.3, 0.4) is 0 Å². The minimum atomic E-state index is -1.27. The van der Waals surface area contributed by atoms with Gasteiger partial charge >= 0.3 is 0 Å². The summed E-state index contributed by atoms with van der Waals surface area (Å²) in [5, 5.41) is 19.6. The highest BCUT2D eigenvalue weighted by Crippen LogP contribution is 2.28. The fraction of sp³-hybridized carbons (Fsp3) is 0.263. The van der Waals surface area contributed by atoms with E-state index in [4.69, 9.17) is 10.1 Å². The van der Waals surface area contributed by atoms with Gasteiger partial charge in [0.25, 0.3) is 0 Å². The summed E-state index contributed by atoms with van der Waals surface area (Å²) in [4.78, 5) is 9.94. The fourth-order valence-electron chi connectivity index (χ4n) is 3.15. The molecule has 0 unspecified atom stereocenters. The average Bonchev–Trinajstić information content (AvgIpc) is 3.30. The van der Waals surface area contributed by atoms with Crippen molar-refractivity contribution in [1.82, 2.24) is 20.2 Å². The molecule has 3 aromatic rings. The van der Waals surface area contributed by atoms with E-state index in [-0.39, 0.29) is 24.0 Å². The lowest BCUT2D eigenvalue weighted by molar-refractivity contribution is 0.122. The lowest BCUT2D eigenvalue weighted by Crippen LogP contribution is -2.37. The third kappa shape index (κ3) is 4.43. The molecule has 0 amide bonds. The van der Waals surface area contributed by atoms with E-state index in [9.17, 15) is 8.78 Å². The third-order valence-electron chi connectivity index (χ3n) is 4.74. The Morgan fingerprint density at radius 1 is 1.19 bits per heavy atom. The van der Waals surface area contributed by atoms with Crippen molar-refractivity contribution < 1.29 is 17.9 Å². The second-order valence-electron chi connectivity index (χ2n) is 6.69. The zero-order valence-electron chi connectivity index (χ0n) is 16.3. The first-order valence-electron chi connectivity index (χ1n) is 9.43. The van der Waals surface area contributed by atoms with Crippen LogP contribution in [0.5, 0.6) is 0 Å². The average molecular weight is 432 g/mol. The third-order valence-corrected chi connectivity index (χ3v) is 4.74. The molecule has 0 atom stereocenters. The molecular weight excluding hydrogens is 413 g/mol. The minimum absolute atomic E-state index is 0.0173. The van der Waals surface area contributed by atoms with Crippen LogP contribution in [0.4, 0.5) is 36.3 Å². The second-order valence-corrected chi connectivity index (χ2v) is 6.69. The number of H-pyrrole nitrogens is 1. The van der Waals surface area contributed by atoms with E-state index >= 15 is 4.39 Å². The normalized spacial score (nSPS) is 13.8. The molecular formula is C19H19F3N8O. The minimum Gasteiger partial charge on any atom is -0.378 e. The number of aromatic amines is 1. The summed E-state index contributed by atoms with van der Waals surface area (Å²) in [5.74, 6) is -2.92. The number of morpholine rings is 1. The lowest BCUT2D eigenvalue weighted by Gasteiger charge is -2.29. The van der Waals surface area contributed by atoms with Crippen LogP contribution >= 0.6 is 0 Å². The highest BCUT2D eigenvalue weighted by molar-refractivity contribution is 5.84. The Morgan fingerprint density at radius 3 is 2.71 bits per heavy atom. The van der Waals surface area contributed by atoms with Crippen LogP contribution in [-0.2, 0) is 11.3 Å². The highest BCUT2D eigenvalue weighted by Gasteiger charge is 2.23. The highest BCUT2D eigenvalue weighted by atomic mass is 19.2. The molecule has 4 rings (SSSR count). The van der Waals surface area contributed by atoms with Crippen molar-refractivity contribution in [2.75, 3.05) is 41.8 Å². The predicted molar refractivity (Wildman–Crippen MR) is 108 cm³/mol. The summed E-state index contributed by atoms with van der Waals surface area (Å²) < 4.78 is 49.0. The van der Waals surface area contributed by atoms with E-state index in [1.54, 1.807) is 11.1 Å². The summed E-state index contributed by atoms with van der Waals surface area (Å²) in [5.41, 5.74) is 0.422. The van der Waals surface area contributed by atoms with Gasteiger partial charge in [-0.3, -0.25) is 5.10 Å². The van der Waals surface area contributed by atoms with E-state index in [1.807, 2.05) is 0 Å². The summed E-state index contributed by atoms with van der Waals surface area (Å²) in [6, 6.07) is 0.861. The van der Waals surface area contributed by atoms with Crippen LogP contribution in [0.25, 0.3) is 0 Å². The van der Waals surface area contributed by atoms with Gasteiger partial charge < -0.3 is 25.7 Å². The molecule has 1 aliphatic rings.